The second kappa shape index (κ2) is 6.58. The van der Waals surface area contributed by atoms with E-state index in [1.54, 1.807) is 5.57 Å². The topological polar surface area (TPSA) is 55.8 Å². The molecule has 4 saturated carbocycles. The molecule has 0 aromatic carbocycles. The van der Waals surface area contributed by atoms with Gasteiger partial charge in [0.25, 0.3) is 0 Å². The number of carbonyl (C=O) groups excluding carboxylic acids is 1. The number of hydrogen-bond acceptors (Lipinski definition) is 4. The van der Waals surface area contributed by atoms with Crippen molar-refractivity contribution in [3.8, 4) is 0 Å². The minimum atomic E-state index is -0.678. The third-order valence-corrected chi connectivity index (χ3v) is 13.7. The number of aliphatic hydroxyl groups is 1. The number of Topliss-reactive ketones (excluding diaryl/α,β-unsaturated/α-hetero) is 1. The van der Waals surface area contributed by atoms with E-state index in [9.17, 15) is 9.90 Å². The summed E-state index contributed by atoms with van der Waals surface area (Å²) in [6, 6.07) is 0. The summed E-state index contributed by atoms with van der Waals surface area (Å²) >= 11 is 0. The maximum absolute atomic E-state index is 13.2. The fourth-order valence-corrected chi connectivity index (χ4v) is 11.0. The van der Waals surface area contributed by atoms with Crippen molar-refractivity contribution in [1.29, 1.82) is 0 Å². The fourth-order valence-electron chi connectivity index (χ4n) is 11.0. The summed E-state index contributed by atoms with van der Waals surface area (Å²) in [5, 5.41) is 12.1. The Labute approximate surface area is 206 Å². The van der Waals surface area contributed by atoms with Gasteiger partial charge in [0.2, 0.25) is 0 Å². The van der Waals surface area contributed by atoms with E-state index in [0.29, 0.717) is 23.7 Å². The second-order valence-electron chi connectivity index (χ2n) is 14.9. The Morgan fingerprint density at radius 1 is 0.971 bits per heavy atom. The second-order valence-corrected chi connectivity index (χ2v) is 14.9. The van der Waals surface area contributed by atoms with Crippen LogP contribution in [0.1, 0.15) is 100 Å². The highest BCUT2D eigenvalue weighted by atomic mass is 17.2. The van der Waals surface area contributed by atoms with Gasteiger partial charge < -0.3 is 5.11 Å². The normalized spacial score (nSPS) is 59.9. The van der Waals surface area contributed by atoms with Crippen LogP contribution in [0.2, 0.25) is 0 Å². The van der Waals surface area contributed by atoms with Crippen LogP contribution in [0.4, 0.5) is 0 Å². The van der Waals surface area contributed by atoms with Crippen LogP contribution in [0, 0.1) is 50.7 Å². The standard InChI is InChI=1S/C30H46O4/c1-17-9-10-26(5)11-12-27(6)19(23(26)18(17)2)15-20(31)24-28(27,7)13-14-30-25(3,4)21(32)16-22(33-34-30)29(24,30)8/h15,17-18,20,22-24,31H,9-14,16H2,1-8H3. The smallest absolute Gasteiger partial charge is 0.144 e. The van der Waals surface area contributed by atoms with Crippen molar-refractivity contribution in [2.75, 3.05) is 0 Å². The average molecular weight is 471 g/mol. The van der Waals surface area contributed by atoms with E-state index in [1.807, 2.05) is 0 Å². The number of rotatable bonds is 0. The molecular weight excluding hydrogens is 424 g/mol. The van der Waals surface area contributed by atoms with Gasteiger partial charge in [0.05, 0.1) is 11.5 Å². The molecule has 0 aromatic heterocycles. The molecule has 0 spiro atoms. The van der Waals surface area contributed by atoms with Crippen molar-refractivity contribution in [2.45, 2.75) is 118 Å². The van der Waals surface area contributed by atoms with Crippen LogP contribution in [0.25, 0.3) is 0 Å². The molecule has 4 heteroatoms. The lowest BCUT2D eigenvalue weighted by Gasteiger charge is -2.72. The first-order chi connectivity index (χ1) is 15.7. The van der Waals surface area contributed by atoms with E-state index >= 15 is 0 Å². The lowest BCUT2D eigenvalue weighted by Crippen LogP contribution is -2.75. The van der Waals surface area contributed by atoms with Crippen molar-refractivity contribution >= 4 is 5.78 Å². The molecule has 0 radical (unpaired) electrons. The number of ketones is 1. The fraction of sp³-hybridized carbons (Fsp3) is 0.900. The van der Waals surface area contributed by atoms with Gasteiger partial charge in [0, 0.05) is 17.8 Å². The first kappa shape index (κ1) is 23.7. The van der Waals surface area contributed by atoms with Gasteiger partial charge in [-0.05, 0) is 86.4 Å². The van der Waals surface area contributed by atoms with Gasteiger partial charge in [0.15, 0.2) is 0 Å². The van der Waals surface area contributed by atoms with Crippen LogP contribution in [-0.2, 0) is 14.6 Å². The van der Waals surface area contributed by atoms with Crippen molar-refractivity contribution in [1.82, 2.24) is 0 Å². The molecule has 2 bridgehead atoms. The molecular formula is C30H46O4. The molecule has 0 amide bonds. The predicted octanol–water partition coefficient (Wildman–Crippen LogP) is 6.27. The molecule has 34 heavy (non-hydrogen) atoms. The van der Waals surface area contributed by atoms with Gasteiger partial charge >= 0.3 is 0 Å². The van der Waals surface area contributed by atoms with E-state index in [4.69, 9.17) is 9.78 Å². The zero-order chi connectivity index (χ0) is 24.7. The largest absolute Gasteiger partial charge is 0.389 e. The summed E-state index contributed by atoms with van der Waals surface area (Å²) in [5.41, 5.74) is 0.150. The summed E-state index contributed by atoms with van der Waals surface area (Å²) in [4.78, 5) is 25.5. The molecule has 0 aromatic rings. The van der Waals surface area contributed by atoms with Gasteiger partial charge in [0.1, 0.15) is 17.5 Å². The molecule has 190 valence electrons. The molecule has 1 aliphatic heterocycles. The Balaban J connectivity index is 1.53. The Kier molecular flexibility index (Phi) is 4.58. The van der Waals surface area contributed by atoms with E-state index in [0.717, 1.165) is 18.8 Å². The van der Waals surface area contributed by atoms with Gasteiger partial charge in [-0.25, -0.2) is 9.78 Å². The third kappa shape index (κ3) is 2.28. The van der Waals surface area contributed by atoms with Crippen molar-refractivity contribution in [3.63, 3.8) is 0 Å². The Morgan fingerprint density at radius 2 is 1.68 bits per heavy atom. The molecule has 1 heterocycles. The number of fused-ring (bicyclic) bond motifs is 5. The van der Waals surface area contributed by atoms with Crippen LogP contribution >= 0.6 is 0 Å². The number of hydrogen-bond donors (Lipinski definition) is 1. The molecule has 6 rings (SSSR count). The molecule has 1 saturated heterocycles. The van der Waals surface area contributed by atoms with Crippen LogP contribution in [0.5, 0.6) is 0 Å². The van der Waals surface area contributed by atoms with Crippen LogP contribution in [0.3, 0.4) is 0 Å². The summed E-state index contributed by atoms with van der Waals surface area (Å²) in [5.74, 6) is 2.14. The highest BCUT2D eigenvalue weighted by Gasteiger charge is 2.81. The number of aliphatic hydroxyl groups excluding tert-OH is 1. The first-order valence-electron chi connectivity index (χ1n) is 14.0. The van der Waals surface area contributed by atoms with E-state index < -0.39 is 22.5 Å². The van der Waals surface area contributed by atoms with Crippen LogP contribution < -0.4 is 0 Å². The maximum atomic E-state index is 13.2. The zero-order valence-electron chi connectivity index (χ0n) is 22.7. The minimum Gasteiger partial charge on any atom is -0.389 e. The predicted molar refractivity (Wildman–Crippen MR) is 132 cm³/mol. The highest BCUT2D eigenvalue weighted by molar-refractivity contribution is 5.88. The Bertz CT molecular complexity index is 969. The summed E-state index contributed by atoms with van der Waals surface area (Å²) in [6.45, 7) is 18.8. The zero-order valence-corrected chi connectivity index (χ0v) is 22.7. The molecule has 11 atom stereocenters. The Morgan fingerprint density at radius 3 is 2.38 bits per heavy atom. The van der Waals surface area contributed by atoms with E-state index in [-0.39, 0.29) is 28.6 Å². The van der Waals surface area contributed by atoms with E-state index in [2.05, 4.69) is 61.5 Å². The lowest BCUT2D eigenvalue weighted by atomic mass is 9.32. The minimum absolute atomic E-state index is 0.00283. The molecule has 1 N–H and O–H groups in total. The molecule has 5 fully saturated rings. The van der Waals surface area contributed by atoms with Crippen molar-refractivity contribution in [2.24, 2.45) is 50.7 Å². The van der Waals surface area contributed by atoms with Crippen LogP contribution in [-0.4, -0.2) is 28.7 Å². The summed E-state index contributed by atoms with van der Waals surface area (Å²) < 4.78 is 0. The van der Waals surface area contributed by atoms with Gasteiger partial charge in [-0.1, -0.05) is 53.2 Å². The number of carbonyl (C=O) groups is 1. The van der Waals surface area contributed by atoms with Crippen molar-refractivity contribution in [3.05, 3.63) is 11.6 Å². The molecule has 4 nitrogen and oxygen atoms in total. The highest BCUT2D eigenvalue weighted by Crippen LogP contribution is 2.78. The van der Waals surface area contributed by atoms with Gasteiger partial charge in [-0.15, -0.1) is 0 Å². The van der Waals surface area contributed by atoms with Crippen molar-refractivity contribution < 1.29 is 19.7 Å². The lowest BCUT2D eigenvalue weighted by molar-refractivity contribution is -0.348. The summed E-state index contributed by atoms with van der Waals surface area (Å²) in [7, 11) is 0. The molecule has 5 aliphatic carbocycles. The van der Waals surface area contributed by atoms with Gasteiger partial charge in [-0.3, -0.25) is 4.79 Å². The number of allylic oxidation sites excluding steroid dienone is 1. The SMILES string of the molecule is CC1CCC2(C)CCC3(C)C(=CC(O)C4C3(C)CCC35OOC(CC(=O)C3(C)C)C45C)C2C1C. The third-order valence-electron chi connectivity index (χ3n) is 13.7. The quantitative estimate of drug-likeness (QED) is 0.335. The maximum Gasteiger partial charge on any atom is 0.144 e. The Hall–Kier alpha value is -0.710. The average Bonchev–Trinajstić information content (AvgIpc) is 3.00. The van der Waals surface area contributed by atoms with Gasteiger partial charge in [-0.2, -0.15) is 0 Å². The molecule has 6 aliphatic rings. The first-order valence-corrected chi connectivity index (χ1v) is 14.0. The monoisotopic (exact) mass is 470 g/mol. The van der Waals surface area contributed by atoms with Crippen LogP contribution in [0.15, 0.2) is 11.6 Å². The van der Waals surface area contributed by atoms with E-state index in [1.165, 1.54) is 25.7 Å². The summed E-state index contributed by atoms with van der Waals surface area (Å²) in [6.07, 6.45) is 8.70. The molecule has 11 unspecified atom stereocenters.